The molecule has 0 fully saturated rings. The summed E-state index contributed by atoms with van der Waals surface area (Å²) >= 11 is 0. The summed E-state index contributed by atoms with van der Waals surface area (Å²) in [6, 6.07) is 0. The summed E-state index contributed by atoms with van der Waals surface area (Å²) in [6.45, 7) is 5.35. The zero-order valence-corrected chi connectivity index (χ0v) is 6.15. The number of rotatable bonds is 0. The summed E-state index contributed by atoms with van der Waals surface area (Å²) in [5.41, 5.74) is 3.05. The Bertz CT molecular complexity index is 150. The predicted octanol–water partition coefficient (Wildman–Crippen LogP) is 2.19. The van der Waals surface area contributed by atoms with Crippen molar-refractivity contribution in [2.75, 3.05) is 6.54 Å². The van der Waals surface area contributed by atoms with Crippen molar-refractivity contribution in [2.45, 2.75) is 26.7 Å². The van der Waals surface area contributed by atoms with Gasteiger partial charge >= 0.3 is 0 Å². The number of hydrogen-bond acceptors (Lipinski definition) is 1. The third kappa shape index (κ3) is 1.67. The van der Waals surface area contributed by atoms with Crippen LogP contribution in [0.25, 0.3) is 0 Å². The molecule has 50 valence electrons. The molecule has 1 heteroatoms. The highest BCUT2D eigenvalue weighted by atomic mass is 14.7. The largest absolute Gasteiger partial charge is 0.297 e. The van der Waals surface area contributed by atoms with E-state index in [1.165, 1.54) is 12.0 Å². The summed E-state index contributed by atoms with van der Waals surface area (Å²) in [6.07, 6.45) is 4.28. The number of hydrogen-bond donors (Lipinski definition) is 0. The van der Waals surface area contributed by atoms with Gasteiger partial charge in [-0.2, -0.15) is 0 Å². The van der Waals surface area contributed by atoms with E-state index in [-0.39, 0.29) is 0 Å². The topological polar surface area (TPSA) is 12.4 Å². The summed E-state index contributed by atoms with van der Waals surface area (Å²) in [5.74, 6) is 0. The van der Waals surface area contributed by atoms with Crippen molar-refractivity contribution in [3.63, 3.8) is 0 Å². The van der Waals surface area contributed by atoms with Crippen molar-refractivity contribution in [1.29, 1.82) is 0 Å². The van der Waals surface area contributed by atoms with Crippen molar-refractivity contribution >= 4 is 6.21 Å². The summed E-state index contributed by atoms with van der Waals surface area (Å²) in [4.78, 5) is 4.15. The molecule has 0 unspecified atom stereocenters. The SMILES string of the molecule is CC(C)=C1CC=NCC1. The smallest absolute Gasteiger partial charge is 0.0422 e. The molecule has 0 radical (unpaired) electrons. The van der Waals surface area contributed by atoms with Crippen LogP contribution in [0.2, 0.25) is 0 Å². The Labute approximate surface area is 56.5 Å². The molecule has 1 heterocycles. The fraction of sp³-hybridized carbons (Fsp3) is 0.625. The first kappa shape index (κ1) is 6.53. The van der Waals surface area contributed by atoms with Crippen molar-refractivity contribution in [2.24, 2.45) is 4.99 Å². The van der Waals surface area contributed by atoms with E-state index in [1.54, 1.807) is 5.57 Å². The van der Waals surface area contributed by atoms with Gasteiger partial charge in [0.1, 0.15) is 0 Å². The lowest BCUT2D eigenvalue weighted by Crippen LogP contribution is -1.97. The minimum Gasteiger partial charge on any atom is -0.297 e. The molecule has 1 nitrogen and oxygen atoms in total. The van der Waals surface area contributed by atoms with Crippen molar-refractivity contribution in [1.82, 2.24) is 0 Å². The molecular weight excluding hydrogens is 110 g/mol. The van der Waals surface area contributed by atoms with Crippen LogP contribution >= 0.6 is 0 Å². The van der Waals surface area contributed by atoms with Crippen molar-refractivity contribution in [3.8, 4) is 0 Å². The molecule has 0 saturated heterocycles. The summed E-state index contributed by atoms with van der Waals surface area (Å²) in [5, 5.41) is 0. The van der Waals surface area contributed by atoms with Gasteiger partial charge in [-0.3, -0.25) is 4.99 Å². The maximum atomic E-state index is 4.15. The van der Waals surface area contributed by atoms with Gasteiger partial charge in [0.25, 0.3) is 0 Å². The highest BCUT2D eigenvalue weighted by Gasteiger charge is 2.00. The van der Waals surface area contributed by atoms with Crippen LogP contribution in [0.4, 0.5) is 0 Å². The normalized spacial score (nSPS) is 18.2. The molecule has 0 spiro atoms. The number of nitrogens with zero attached hydrogens (tertiary/aromatic N) is 1. The van der Waals surface area contributed by atoms with E-state index in [9.17, 15) is 0 Å². The van der Waals surface area contributed by atoms with Gasteiger partial charge in [-0.1, -0.05) is 11.1 Å². The molecule has 0 bridgehead atoms. The minimum absolute atomic E-state index is 1.00. The second-order valence-electron chi connectivity index (χ2n) is 2.65. The average molecular weight is 123 g/mol. The molecule has 0 aromatic carbocycles. The van der Waals surface area contributed by atoms with Crippen molar-refractivity contribution < 1.29 is 0 Å². The Morgan fingerprint density at radius 1 is 1.56 bits per heavy atom. The quantitative estimate of drug-likeness (QED) is 0.438. The van der Waals surface area contributed by atoms with Crippen LogP contribution in [0.15, 0.2) is 16.1 Å². The van der Waals surface area contributed by atoms with Gasteiger partial charge < -0.3 is 0 Å². The lowest BCUT2D eigenvalue weighted by molar-refractivity contribution is 0.883. The Morgan fingerprint density at radius 3 is 2.67 bits per heavy atom. The molecule has 0 amide bonds. The molecule has 9 heavy (non-hydrogen) atoms. The molecule has 1 rings (SSSR count). The zero-order chi connectivity index (χ0) is 6.69. The monoisotopic (exact) mass is 123 g/mol. The van der Waals surface area contributed by atoms with Gasteiger partial charge in [0.2, 0.25) is 0 Å². The van der Waals surface area contributed by atoms with Crippen LogP contribution in [0, 0.1) is 0 Å². The lowest BCUT2D eigenvalue weighted by atomic mass is 10.0. The fourth-order valence-corrected chi connectivity index (χ4v) is 1.02. The fourth-order valence-electron chi connectivity index (χ4n) is 1.02. The third-order valence-electron chi connectivity index (χ3n) is 1.72. The Kier molecular flexibility index (Phi) is 2.04. The van der Waals surface area contributed by atoms with Crippen LogP contribution in [-0.4, -0.2) is 12.8 Å². The van der Waals surface area contributed by atoms with Gasteiger partial charge in [-0.15, -0.1) is 0 Å². The first-order chi connectivity index (χ1) is 4.30. The lowest BCUT2D eigenvalue weighted by Gasteiger charge is -2.08. The molecule has 0 aromatic rings. The molecule has 1 aliphatic rings. The number of aliphatic imine (C=N–C) groups is 1. The molecule has 0 atom stereocenters. The van der Waals surface area contributed by atoms with Crippen molar-refractivity contribution in [3.05, 3.63) is 11.1 Å². The maximum Gasteiger partial charge on any atom is 0.0422 e. The van der Waals surface area contributed by atoms with Crippen LogP contribution in [-0.2, 0) is 0 Å². The van der Waals surface area contributed by atoms with E-state index >= 15 is 0 Å². The average Bonchev–Trinajstić information content (AvgIpc) is 1.90. The van der Waals surface area contributed by atoms with Crippen LogP contribution in [0.5, 0.6) is 0 Å². The molecule has 0 aromatic heterocycles. The molecule has 1 aliphatic heterocycles. The first-order valence-corrected chi connectivity index (χ1v) is 3.44. The van der Waals surface area contributed by atoms with Gasteiger partial charge in [-0.25, -0.2) is 0 Å². The van der Waals surface area contributed by atoms with Gasteiger partial charge in [-0.05, 0) is 20.3 Å². The van der Waals surface area contributed by atoms with E-state index in [0.29, 0.717) is 0 Å². The van der Waals surface area contributed by atoms with E-state index in [1.807, 2.05) is 6.21 Å². The van der Waals surface area contributed by atoms with Gasteiger partial charge in [0.05, 0.1) is 0 Å². The van der Waals surface area contributed by atoms with E-state index in [2.05, 4.69) is 18.8 Å². The molecule has 0 saturated carbocycles. The summed E-state index contributed by atoms with van der Waals surface area (Å²) < 4.78 is 0. The van der Waals surface area contributed by atoms with Crippen LogP contribution in [0.1, 0.15) is 26.7 Å². The molecular formula is C8H13N. The molecule has 0 aliphatic carbocycles. The van der Waals surface area contributed by atoms with Crippen LogP contribution in [0.3, 0.4) is 0 Å². The second-order valence-corrected chi connectivity index (χ2v) is 2.65. The first-order valence-electron chi connectivity index (χ1n) is 3.44. The third-order valence-corrected chi connectivity index (χ3v) is 1.72. The Balaban J connectivity index is 2.64. The standard InChI is InChI=1S/C8H13N/c1-7(2)8-3-5-9-6-4-8/h5H,3-4,6H2,1-2H3. The number of allylic oxidation sites excluding steroid dienone is 1. The van der Waals surface area contributed by atoms with E-state index < -0.39 is 0 Å². The van der Waals surface area contributed by atoms with E-state index in [4.69, 9.17) is 0 Å². The highest BCUT2D eigenvalue weighted by Crippen LogP contribution is 2.14. The van der Waals surface area contributed by atoms with E-state index in [0.717, 1.165) is 13.0 Å². The van der Waals surface area contributed by atoms with Gasteiger partial charge in [0.15, 0.2) is 0 Å². The zero-order valence-electron chi connectivity index (χ0n) is 6.15. The maximum absolute atomic E-state index is 4.15. The Morgan fingerprint density at radius 2 is 2.33 bits per heavy atom. The summed E-state index contributed by atoms with van der Waals surface area (Å²) in [7, 11) is 0. The van der Waals surface area contributed by atoms with Gasteiger partial charge in [0, 0.05) is 19.2 Å². The predicted molar refractivity (Wildman–Crippen MR) is 41.0 cm³/mol. The highest BCUT2D eigenvalue weighted by molar-refractivity contribution is 5.62. The van der Waals surface area contributed by atoms with Crippen LogP contribution < -0.4 is 0 Å². The molecule has 0 N–H and O–H groups in total. The minimum atomic E-state index is 1.00. The second kappa shape index (κ2) is 2.81. The Hall–Kier alpha value is -0.590.